The summed E-state index contributed by atoms with van der Waals surface area (Å²) in [5.74, 6) is 0. The van der Waals surface area contributed by atoms with Crippen LogP contribution in [0.2, 0.25) is 0 Å². The maximum Gasteiger partial charge on any atom is 0.0841 e. The number of nitrogens with one attached hydrogen (secondary N) is 1. The summed E-state index contributed by atoms with van der Waals surface area (Å²) in [7, 11) is 2.08. The molecular formula is C8H17N3. The topological polar surface area (TPSA) is 39.1 Å². The quantitative estimate of drug-likeness (QED) is 0.462. The molecule has 0 radical (unpaired) electrons. The van der Waals surface area contributed by atoms with Crippen LogP contribution in [0.15, 0.2) is 0 Å². The first-order valence-electron chi connectivity index (χ1n) is 3.96. The van der Waals surface area contributed by atoms with E-state index in [1.165, 1.54) is 0 Å². The summed E-state index contributed by atoms with van der Waals surface area (Å²) in [6, 6.07) is 2.62. The molecule has 0 saturated heterocycles. The van der Waals surface area contributed by atoms with Crippen LogP contribution in [0.3, 0.4) is 0 Å². The minimum Gasteiger partial charge on any atom is -0.303 e. The SMILES string of the molecule is CC(C)N(C)CCNCC#N. The Kier molecular flexibility index (Phi) is 5.81. The van der Waals surface area contributed by atoms with Crippen molar-refractivity contribution in [1.29, 1.82) is 5.26 Å². The van der Waals surface area contributed by atoms with Crippen molar-refractivity contribution in [3.05, 3.63) is 0 Å². The lowest BCUT2D eigenvalue weighted by atomic mass is 10.3. The maximum absolute atomic E-state index is 8.21. The number of nitriles is 1. The molecule has 0 fully saturated rings. The van der Waals surface area contributed by atoms with Crippen molar-refractivity contribution in [2.24, 2.45) is 0 Å². The van der Waals surface area contributed by atoms with Gasteiger partial charge in [-0.05, 0) is 20.9 Å². The lowest BCUT2D eigenvalue weighted by molar-refractivity contribution is 0.275. The molecule has 1 N–H and O–H groups in total. The van der Waals surface area contributed by atoms with Crippen molar-refractivity contribution in [2.45, 2.75) is 19.9 Å². The summed E-state index contributed by atoms with van der Waals surface area (Å²) in [5, 5.41) is 11.2. The molecule has 3 nitrogen and oxygen atoms in total. The number of hydrogen-bond acceptors (Lipinski definition) is 3. The Morgan fingerprint density at radius 1 is 1.55 bits per heavy atom. The largest absolute Gasteiger partial charge is 0.303 e. The zero-order valence-corrected chi connectivity index (χ0v) is 7.59. The Labute approximate surface area is 69.0 Å². The Bertz CT molecular complexity index is 126. The molecule has 0 aromatic carbocycles. The van der Waals surface area contributed by atoms with Crippen LogP contribution >= 0.6 is 0 Å². The molecule has 0 unspecified atom stereocenters. The maximum atomic E-state index is 8.21. The summed E-state index contributed by atoms with van der Waals surface area (Å²) in [6.07, 6.45) is 0. The van der Waals surface area contributed by atoms with E-state index in [9.17, 15) is 0 Å². The van der Waals surface area contributed by atoms with E-state index in [1.807, 2.05) is 6.07 Å². The predicted octanol–water partition coefficient (Wildman–Crippen LogP) is 0.440. The average Bonchev–Trinajstić information content (AvgIpc) is 1.97. The first-order valence-corrected chi connectivity index (χ1v) is 3.96. The van der Waals surface area contributed by atoms with Gasteiger partial charge in [-0.3, -0.25) is 0 Å². The van der Waals surface area contributed by atoms with Gasteiger partial charge in [-0.1, -0.05) is 0 Å². The number of likely N-dealkylation sites (N-methyl/N-ethyl adjacent to an activating group) is 1. The molecule has 0 aromatic rings. The van der Waals surface area contributed by atoms with Gasteiger partial charge in [0.2, 0.25) is 0 Å². The third-order valence-electron chi connectivity index (χ3n) is 1.73. The van der Waals surface area contributed by atoms with Crippen LogP contribution in [-0.4, -0.2) is 37.6 Å². The zero-order valence-electron chi connectivity index (χ0n) is 7.59. The molecule has 0 aliphatic heterocycles. The summed E-state index contributed by atoms with van der Waals surface area (Å²) in [6.45, 7) is 6.65. The van der Waals surface area contributed by atoms with E-state index in [0.29, 0.717) is 12.6 Å². The van der Waals surface area contributed by atoms with Crippen LogP contribution in [0.5, 0.6) is 0 Å². The van der Waals surface area contributed by atoms with Gasteiger partial charge in [0.1, 0.15) is 0 Å². The van der Waals surface area contributed by atoms with Gasteiger partial charge >= 0.3 is 0 Å². The molecule has 0 amide bonds. The van der Waals surface area contributed by atoms with E-state index in [0.717, 1.165) is 13.1 Å². The molecule has 3 heteroatoms. The fourth-order valence-electron chi connectivity index (χ4n) is 0.658. The van der Waals surface area contributed by atoms with Crippen LogP contribution in [0.1, 0.15) is 13.8 Å². The lowest BCUT2D eigenvalue weighted by Gasteiger charge is -2.20. The third-order valence-corrected chi connectivity index (χ3v) is 1.73. The second-order valence-electron chi connectivity index (χ2n) is 2.91. The molecule has 0 saturated carbocycles. The van der Waals surface area contributed by atoms with Gasteiger partial charge < -0.3 is 10.2 Å². The van der Waals surface area contributed by atoms with Crippen LogP contribution in [-0.2, 0) is 0 Å². The van der Waals surface area contributed by atoms with Gasteiger partial charge in [0.15, 0.2) is 0 Å². The smallest absolute Gasteiger partial charge is 0.0841 e. The van der Waals surface area contributed by atoms with Gasteiger partial charge in [0.25, 0.3) is 0 Å². The Morgan fingerprint density at radius 2 is 2.18 bits per heavy atom. The van der Waals surface area contributed by atoms with E-state index in [2.05, 4.69) is 31.1 Å². The average molecular weight is 155 g/mol. The number of hydrogen-bond donors (Lipinski definition) is 1. The molecule has 0 atom stereocenters. The molecule has 0 heterocycles. The van der Waals surface area contributed by atoms with Crippen LogP contribution < -0.4 is 5.32 Å². The Morgan fingerprint density at radius 3 is 2.64 bits per heavy atom. The van der Waals surface area contributed by atoms with Gasteiger partial charge in [-0.2, -0.15) is 5.26 Å². The zero-order chi connectivity index (χ0) is 8.69. The Balaban J connectivity index is 3.19. The predicted molar refractivity (Wildman–Crippen MR) is 46.2 cm³/mol. The highest BCUT2D eigenvalue weighted by molar-refractivity contribution is 4.73. The minimum atomic E-state index is 0.450. The second-order valence-corrected chi connectivity index (χ2v) is 2.91. The molecule has 64 valence electrons. The standard InChI is InChI=1S/C8H17N3/c1-8(2)11(3)7-6-10-5-4-9/h8,10H,5-7H2,1-3H3. The molecule has 0 rings (SSSR count). The first-order chi connectivity index (χ1) is 5.18. The van der Waals surface area contributed by atoms with E-state index < -0.39 is 0 Å². The minimum absolute atomic E-state index is 0.450. The third kappa shape index (κ3) is 5.84. The van der Waals surface area contributed by atoms with Crippen LogP contribution in [0, 0.1) is 11.3 Å². The molecular weight excluding hydrogens is 138 g/mol. The second kappa shape index (κ2) is 6.14. The van der Waals surface area contributed by atoms with E-state index in [1.54, 1.807) is 0 Å². The van der Waals surface area contributed by atoms with Gasteiger partial charge in [-0.15, -0.1) is 0 Å². The molecule has 0 aromatic heterocycles. The van der Waals surface area contributed by atoms with E-state index >= 15 is 0 Å². The molecule has 0 bridgehead atoms. The summed E-state index contributed by atoms with van der Waals surface area (Å²) < 4.78 is 0. The highest BCUT2D eigenvalue weighted by atomic mass is 15.1. The van der Waals surface area contributed by atoms with Crippen LogP contribution in [0.4, 0.5) is 0 Å². The first kappa shape index (κ1) is 10.4. The van der Waals surface area contributed by atoms with Crippen molar-refractivity contribution >= 4 is 0 Å². The summed E-state index contributed by atoms with van der Waals surface area (Å²) in [4.78, 5) is 2.24. The summed E-state index contributed by atoms with van der Waals surface area (Å²) >= 11 is 0. The fraction of sp³-hybridized carbons (Fsp3) is 0.875. The normalized spacial score (nSPS) is 10.5. The molecule has 11 heavy (non-hydrogen) atoms. The van der Waals surface area contributed by atoms with E-state index in [-0.39, 0.29) is 0 Å². The number of nitrogens with zero attached hydrogens (tertiary/aromatic N) is 2. The van der Waals surface area contributed by atoms with Crippen molar-refractivity contribution in [3.63, 3.8) is 0 Å². The highest BCUT2D eigenvalue weighted by Crippen LogP contribution is 1.90. The van der Waals surface area contributed by atoms with Crippen molar-refractivity contribution in [1.82, 2.24) is 10.2 Å². The fourth-order valence-corrected chi connectivity index (χ4v) is 0.658. The molecule has 0 aliphatic rings. The van der Waals surface area contributed by atoms with Gasteiger partial charge in [-0.25, -0.2) is 0 Å². The van der Waals surface area contributed by atoms with Crippen molar-refractivity contribution in [3.8, 4) is 6.07 Å². The molecule has 0 aliphatic carbocycles. The monoisotopic (exact) mass is 155 g/mol. The summed E-state index contributed by atoms with van der Waals surface area (Å²) in [5.41, 5.74) is 0. The Hall–Kier alpha value is -0.590. The van der Waals surface area contributed by atoms with Crippen LogP contribution in [0.25, 0.3) is 0 Å². The van der Waals surface area contributed by atoms with Crippen molar-refractivity contribution in [2.75, 3.05) is 26.7 Å². The lowest BCUT2D eigenvalue weighted by Crippen LogP contribution is -2.33. The number of rotatable bonds is 5. The van der Waals surface area contributed by atoms with Gasteiger partial charge in [0, 0.05) is 19.1 Å². The van der Waals surface area contributed by atoms with Gasteiger partial charge in [0.05, 0.1) is 12.6 Å². The highest BCUT2D eigenvalue weighted by Gasteiger charge is 2.00. The molecule has 0 spiro atoms. The van der Waals surface area contributed by atoms with E-state index in [4.69, 9.17) is 5.26 Å². The van der Waals surface area contributed by atoms with Crippen molar-refractivity contribution < 1.29 is 0 Å².